The van der Waals surface area contributed by atoms with Crippen LogP contribution in [0.2, 0.25) is 6.32 Å². The van der Waals surface area contributed by atoms with Crippen molar-refractivity contribution in [2.24, 2.45) is 5.73 Å². The average molecular weight is 400 g/mol. The number of carbonyl (C=O) groups excluding carboxylic acids is 2. The van der Waals surface area contributed by atoms with Crippen LogP contribution in [0.4, 0.5) is 0 Å². The Labute approximate surface area is 171 Å². The minimum atomic E-state index is -1.24. The van der Waals surface area contributed by atoms with Crippen LogP contribution in [-0.2, 0) is 9.59 Å². The number of hydrogen-bond donors (Lipinski definition) is 5. The number of unbranched alkanes of at least 4 members (excludes halogenated alkanes) is 1. The quantitative estimate of drug-likeness (QED) is 0.285. The summed E-state index contributed by atoms with van der Waals surface area (Å²) in [7, 11) is -1.24. The van der Waals surface area contributed by atoms with Gasteiger partial charge in [0.15, 0.2) is 0 Å². The van der Waals surface area contributed by atoms with Gasteiger partial charge < -0.3 is 26.2 Å². The molecule has 0 aliphatic rings. The Balaban J connectivity index is 0.00000132. The molecule has 0 spiro atoms. The lowest BCUT2D eigenvalue weighted by molar-refractivity contribution is -0.191. The summed E-state index contributed by atoms with van der Waals surface area (Å²) in [6.07, 6.45) is 2.33. The largest absolute Gasteiger partial charge is 0.451 e. The Kier molecular flexibility index (Phi) is 12.5. The summed E-state index contributed by atoms with van der Waals surface area (Å²) < 4.78 is 0. The lowest BCUT2D eigenvalue weighted by Gasteiger charge is -2.26. The second kappa shape index (κ2) is 14.7. The van der Waals surface area contributed by atoms with E-state index in [0.717, 1.165) is 30.4 Å². The number of hydrogen-bond acceptors (Lipinski definition) is 7. The Morgan fingerprint density at radius 3 is 1.97 bits per heavy atom. The van der Waals surface area contributed by atoms with Crippen molar-refractivity contribution in [1.29, 1.82) is 0 Å². The Morgan fingerprint density at radius 1 is 0.931 bits per heavy atom. The number of benzene rings is 2. The molecule has 3 atom stereocenters. The highest BCUT2D eigenvalue weighted by molar-refractivity contribution is 6.40. The Bertz CT molecular complexity index is 697. The van der Waals surface area contributed by atoms with Crippen LogP contribution in [-0.4, -0.2) is 41.0 Å². The minimum Gasteiger partial charge on any atom is -0.427 e. The van der Waals surface area contributed by atoms with Gasteiger partial charge in [-0.3, -0.25) is 0 Å². The van der Waals surface area contributed by atoms with E-state index in [9.17, 15) is 5.11 Å². The van der Waals surface area contributed by atoms with Gasteiger partial charge in [-0.25, -0.2) is 0 Å². The smallest absolute Gasteiger partial charge is 0.427 e. The van der Waals surface area contributed by atoms with E-state index in [1.165, 1.54) is 0 Å². The number of aliphatic hydroxyl groups is 1. The van der Waals surface area contributed by atoms with Crippen molar-refractivity contribution in [2.75, 3.05) is 6.54 Å². The molecule has 2 rings (SSSR count). The molecule has 2 aromatic carbocycles. The highest BCUT2D eigenvalue weighted by atomic mass is 16.4. The molecular weight excluding hydrogens is 371 g/mol. The molecule has 2 aromatic rings. The summed E-state index contributed by atoms with van der Waals surface area (Å²) in [6.45, 7) is 0.575. The van der Waals surface area contributed by atoms with E-state index in [0.29, 0.717) is 12.9 Å². The van der Waals surface area contributed by atoms with Gasteiger partial charge in [0.2, 0.25) is 0 Å². The lowest BCUT2D eigenvalue weighted by atomic mass is 9.83. The maximum atomic E-state index is 10.9. The zero-order chi connectivity index (χ0) is 21.5. The number of nitrogens with one attached hydrogen (secondary N) is 1. The van der Waals surface area contributed by atoms with Crippen LogP contribution in [0.25, 0.3) is 0 Å². The molecule has 0 bridgehead atoms. The molecule has 0 aromatic heterocycles. The van der Waals surface area contributed by atoms with Crippen molar-refractivity contribution in [2.45, 2.75) is 43.8 Å². The third kappa shape index (κ3) is 10.1. The van der Waals surface area contributed by atoms with Crippen molar-refractivity contribution in [1.82, 2.24) is 5.32 Å². The number of aliphatic hydroxyl groups excluding tert-OH is 1. The topological polar surface area (TPSA) is 133 Å². The summed E-state index contributed by atoms with van der Waals surface area (Å²) in [6, 6.07) is 19.2. The first-order valence-corrected chi connectivity index (χ1v) is 9.62. The van der Waals surface area contributed by atoms with Crippen LogP contribution in [0.3, 0.4) is 0 Å². The molecule has 0 aliphatic heterocycles. The fourth-order valence-electron chi connectivity index (χ4n) is 3.03. The van der Waals surface area contributed by atoms with Crippen LogP contribution in [0.5, 0.6) is 0 Å². The maximum Gasteiger partial charge on any atom is 0.451 e. The molecule has 0 saturated carbocycles. The molecule has 156 valence electrons. The molecule has 7 nitrogen and oxygen atoms in total. The standard InChI is InChI=1S/C20H29BN2O3.CO2/c22-18(13-7-8-14-21(25)26)15-23-19(16-9-3-1-4-10-16)20(24)17-11-5-2-6-12-17;2-1-3/h1-6,9-12,18-20,23-26H,7-8,13-15,22H2;/t18?,19?,20-;/m1./s1. The summed E-state index contributed by atoms with van der Waals surface area (Å²) in [5, 5.41) is 32.0. The molecule has 29 heavy (non-hydrogen) atoms. The van der Waals surface area contributed by atoms with Gasteiger partial charge in [-0.05, 0) is 23.9 Å². The molecule has 6 N–H and O–H groups in total. The van der Waals surface area contributed by atoms with Crippen molar-refractivity contribution in [3.63, 3.8) is 0 Å². The monoisotopic (exact) mass is 400 g/mol. The Hall–Kier alpha value is -2.32. The normalized spacial score (nSPS) is 13.4. The van der Waals surface area contributed by atoms with E-state index in [1.807, 2.05) is 60.7 Å². The van der Waals surface area contributed by atoms with E-state index in [4.69, 9.17) is 25.4 Å². The van der Waals surface area contributed by atoms with Gasteiger partial charge in [-0.1, -0.05) is 73.5 Å². The predicted molar refractivity (Wildman–Crippen MR) is 110 cm³/mol. The van der Waals surface area contributed by atoms with Crippen molar-refractivity contribution in [3.05, 3.63) is 71.8 Å². The lowest BCUT2D eigenvalue weighted by Crippen LogP contribution is -2.38. The van der Waals surface area contributed by atoms with Crippen LogP contribution < -0.4 is 11.1 Å². The van der Waals surface area contributed by atoms with Gasteiger partial charge >= 0.3 is 13.3 Å². The van der Waals surface area contributed by atoms with Crippen LogP contribution in [0, 0.1) is 0 Å². The third-order valence-electron chi connectivity index (χ3n) is 4.50. The van der Waals surface area contributed by atoms with Gasteiger partial charge in [0.05, 0.1) is 12.1 Å². The fraction of sp³-hybridized carbons (Fsp3) is 0.381. The summed E-state index contributed by atoms with van der Waals surface area (Å²) in [5.41, 5.74) is 8.06. The average Bonchev–Trinajstić information content (AvgIpc) is 2.73. The second-order valence-electron chi connectivity index (χ2n) is 6.76. The highest BCUT2D eigenvalue weighted by Crippen LogP contribution is 2.28. The van der Waals surface area contributed by atoms with Gasteiger partial charge in [-0.15, -0.1) is 0 Å². The van der Waals surface area contributed by atoms with E-state index in [2.05, 4.69) is 5.32 Å². The molecule has 0 fully saturated rings. The molecular formula is C21H29BN2O5. The van der Waals surface area contributed by atoms with Crippen molar-refractivity contribution in [3.8, 4) is 0 Å². The maximum absolute atomic E-state index is 10.9. The molecule has 0 amide bonds. The molecule has 8 heteroatoms. The zero-order valence-electron chi connectivity index (χ0n) is 16.4. The summed E-state index contributed by atoms with van der Waals surface area (Å²) in [5.74, 6) is 0. The Morgan fingerprint density at radius 2 is 1.45 bits per heavy atom. The SMILES string of the molecule is NC(CCCCB(O)O)CNC(c1ccccc1)[C@H](O)c1ccccc1.O=C=O. The van der Waals surface area contributed by atoms with Gasteiger partial charge in [0.1, 0.15) is 0 Å². The predicted octanol–water partition coefficient (Wildman–Crippen LogP) is 1.44. The second-order valence-corrected chi connectivity index (χ2v) is 6.76. The fourth-order valence-corrected chi connectivity index (χ4v) is 3.03. The zero-order valence-corrected chi connectivity index (χ0v) is 16.4. The van der Waals surface area contributed by atoms with Gasteiger partial charge in [0, 0.05) is 12.6 Å². The van der Waals surface area contributed by atoms with E-state index in [1.54, 1.807) is 0 Å². The van der Waals surface area contributed by atoms with Crippen LogP contribution in [0.15, 0.2) is 60.7 Å². The summed E-state index contributed by atoms with van der Waals surface area (Å²) in [4.78, 5) is 16.2. The van der Waals surface area contributed by atoms with E-state index >= 15 is 0 Å². The van der Waals surface area contributed by atoms with Crippen LogP contribution >= 0.6 is 0 Å². The number of rotatable bonds is 11. The third-order valence-corrected chi connectivity index (χ3v) is 4.50. The molecule has 0 radical (unpaired) electrons. The number of nitrogens with two attached hydrogens (primary N) is 1. The molecule has 2 unspecified atom stereocenters. The molecule has 0 saturated heterocycles. The molecule has 0 heterocycles. The minimum absolute atomic E-state index is 0.0555. The van der Waals surface area contributed by atoms with E-state index in [-0.39, 0.29) is 18.2 Å². The molecule has 0 aliphatic carbocycles. The first-order valence-electron chi connectivity index (χ1n) is 9.62. The first kappa shape index (κ1) is 24.7. The van der Waals surface area contributed by atoms with Crippen LogP contribution in [0.1, 0.15) is 42.5 Å². The summed E-state index contributed by atoms with van der Waals surface area (Å²) >= 11 is 0. The van der Waals surface area contributed by atoms with Crippen molar-refractivity contribution >= 4 is 13.3 Å². The van der Waals surface area contributed by atoms with E-state index < -0.39 is 13.2 Å². The van der Waals surface area contributed by atoms with Crippen molar-refractivity contribution < 1.29 is 24.7 Å². The highest BCUT2D eigenvalue weighted by Gasteiger charge is 2.22. The van der Waals surface area contributed by atoms with Gasteiger partial charge in [-0.2, -0.15) is 9.59 Å². The van der Waals surface area contributed by atoms with Gasteiger partial charge in [0.25, 0.3) is 0 Å². The first-order chi connectivity index (χ1) is 14.0.